The van der Waals surface area contributed by atoms with Crippen LogP contribution in [0.1, 0.15) is 11.1 Å². The van der Waals surface area contributed by atoms with E-state index in [0.29, 0.717) is 11.1 Å². The van der Waals surface area contributed by atoms with E-state index in [0.717, 1.165) is 0 Å². The first kappa shape index (κ1) is 10.6. The summed E-state index contributed by atoms with van der Waals surface area (Å²) < 4.78 is 23.9. The molecule has 0 fully saturated rings. The second-order valence-electron chi connectivity index (χ2n) is 2.98. The molecule has 1 aromatic rings. The topological polar surface area (TPSA) is 37.3 Å². The Kier molecular flexibility index (Phi) is 3.56. The maximum atomic E-state index is 11.9. The molecule has 0 aromatic heterocycles. The third kappa shape index (κ3) is 3.51. The Labute approximate surface area is 80.2 Å². The van der Waals surface area contributed by atoms with Crippen LogP contribution in [0.2, 0.25) is 0 Å². The van der Waals surface area contributed by atoms with Crippen molar-refractivity contribution in [3.63, 3.8) is 0 Å². The van der Waals surface area contributed by atoms with Crippen LogP contribution in [0, 0.1) is 0 Å². The van der Waals surface area contributed by atoms with E-state index in [2.05, 4.69) is 0 Å². The van der Waals surface area contributed by atoms with Gasteiger partial charge >= 0.3 is 5.97 Å². The molecule has 4 heteroatoms. The lowest BCUT2D eigenvalue weighted by molar-refractivity contribution is -0.136. The molecule has 0 unspecified atom stereocenters. The van der Waals surface area contributed by atoms with E-state index in [9.17, 15) is 13.6 Å². The van der Waals surface area contributed by atoms with Gasteiger partial charge in [0.05, 0.1) is 6.42 Å². The smallest absolute Gasteiger partial charge is 0.307 e. The predicted molar refractivity (Wildman–Crippen MR) is 47.5 cm³/mol. The van der Waals surface area contributed by atoms with E-state index in [1.165, 1.54) is 12.1 Å². The molecule has 0 saturated carbocycles. The number of carbonyl (C=O) groups is 1. The van der Waals surface area contributed by atoms with Crippen LogP contribution in [-0.2, 0) is 17.6 Å². The van der Waals surface area contributed by atoms with E-state index in [1.807, 2.05) is 0 Å². The van der Waals surface area contributed by atoms with E-state index in [4.69, 9.17) is 5.11 Å². The third-order valence-electron chi connectivity index (χ3n) is 1.77. The molecular formula is C10H10F2O2. The summed E-state index contributed by atoms with van der Waals surface area (Å²) in [6.07, 6.45) is -2.72. The highest BCUT2D eigenvalue weighted by Crippen LogP contribution is 2.09. The van der Waals surface area contributed by atoms with Gasteiger partial charge in [0, 0.05) is 6.42 Å². The molecule has 0 aliphatic carbocycles. The van der Waals surface area contributed by atoms with Gasteiger partial charge in [-0.15, -0.1) is 0 Å². The molecule has 1 N–H and O–H groups in total. The van der Waals surface area contributed by atoms with Crippen molar-refractivity contribution in [3.8, 4) is 0 Å². The Hall–Kier alpha value is -1.45. The summed E-state index contributed by atoms with van der Waals surface area (Å²) >= 11 is 0. The van der Waals surface area contributed by atoms with Gasteiger partial charge in [-0.1, -0.05) is 24.3 Å². The van der Waals surface area contributed by atoms with Gasteiger partial charge < -0.3 is 5.11 Å². The number of hydrogen-bond acceptors (Lipinski definition) is 1. The highest BCUT2D eigenvalue weighted by Gasteiger charge is 2.05. The molecule has 0 saturated heterocycles. The fourth-order valence-corrected chi connectivity index (χ4v) is 1.15. The number of alkyl halides is 2. The second-order valence-corrected chi connectivity index (χ2v) is 2.98. The largest absolute Gasteiger partial charge is 0.481 e. The Bertz CT molecular complexity index is 306. The van der Waals surface area contributed by atoms with Crippen LogP contribution < -0.4 is 0 Å². The lowest BCUT2D eigenvalue weighted by Crippen LogP contribution is -2.01. The Morgan fingerprint density at radius 1 is 1.21 bits per heavy atom. The van der Waals surface area contributed by atoms with E-state index >= 15 is 0 Å². The Morgan fingerprint density at radius 2 is 1.71 bits per heavy atom. The lowest BCUT2D eigenvalue weighted by Gasteiger charge is -2.01. The van der Waals surface area contributed by atoms with Crippen molar-refractivity contribution in [3.05, 3.63) is 35.4 Å². The fourth-order valence-electron chi connectivity index (χ4n) is 1.15. The van der Waals surface area contributed by atoms with Crippen LogP contribution in [0.4, 0.5) is 8.78 Å². The van der Waals surface area contributed by atoms with Crippen molar-refractivity contribution >= 4 is 5.97 Å². The average Bonchev–Trinajstić information content (AvgIpc) is 2.06. The number of aliphatic carboxylic acids is 1. The van der Waals surface area contributed by atoms with E-state index in [1.54, 1.807) is 12.1 Å². The van der Waals surface area contributed by atoms with Gasteiger partial charge in [0.15, 0.2) is 0 Å². The van der Waals surface area contributed by atoms with Gasteiger partial charge in [-0.2, -0.15) is 0 Å². The SMILES string of the molecule is O=C(O)Cc1ccc(CC(F)F)cc1. The van der Waals surface area contributed by atoms with Crippen LogP contribution in [-0.4, -0.2) is 17.5 Å². The molecule has 1 aromatic carbocycles. The summed E-state index contributed by atoms with van der Waals surface area (Å²) in [5.41, 5.74) is 1.14. The summed E-state index contributed by atoms with van der Waals surface area (Å²) in [5.74, 6) is -0.924. The molecule has 2 nitrogen and oxygen atoms in total. The van der Waals surface area contributed by atoms with E-state index in [-0.39, 0.29) is 12.8 Å². The maximum Gasteiger partial charge on any atom is 0.307 e. The quantitative estimate of drug-likeness (QED) is 0.808. The molecule has 0 spiro atoms. The summed E-state index contributed by atoms with van der Waals surface area (Å²) in [5, 5.41) is 8.46. The molecular weight excluding hydrogens is 190 g/mol. The highest BCUT2D eigenvalue weighted by atomic mass is 19.3. The van der Waals surface area contributed by atoms with Crippen molar-refractivity contribution in [1.82, 2.24) is 0 Å². The molecule has 0 bridgehead atoms. The van der Waals surface area contributed by atoms with Crippen LogP contribution in [0.15, 0.2) is 24.3 Å². The molecule has 0 radical (unpaired) electrons. The summed E-state index contributed by atoms with van der Waals surface area (Å²) in [6, 6.07) is 6.19. The van der Waals surface area contributed by atoms with Crippen molar-refractivity contribution in [2.75, 3.05) is 0 Å². The zero-order valence-corrected chi connectivity index (χ0v) is 7.41. The minimum atomic E-state index is -2.36. The summed E-state index contributed by atoms with van der Waals surface area (Å²) in [4.78, 5) is 10.3. The molecule has 0 aliphatic heterocycles. The standard InChI is InChI=1S/C10H10F2O2/c11-9(12)5-7-1-3-8(4-2-7)6-10(13)14/h1-4,9H,5-6H2,(H,13,14). The van der Waals surface area contributed by atoms with Crippen molar-refractivity contribution in [2.24, 2.45) is 0 Å². The molecule has 14 heavy (non-hydrogen) atoms. The second kappa shape index (κ2) is 4.69. The zero-order valence-electron chi connectivity index (χ0n) is 7.41. The first-order valence-electron chi connectivity index (χ1n) is 4.15. The van der Waals surface area contributed by atoms with Gasteiger partial charge in [0.2, 0.25) is 6.43 Å². The van der Waals surface area contributed by atoms with Crippen LogP contribution in [0.25, 0.3) is 0 Å². The zero-order chi connectivity index (χ0) is 10.6. The van der Waals surface area contributed by atoms with Crippen molar-refractivity contribution < 1.29 is 18.7 Å². The van der Waals surface area contributed by atoms with Gasteiger partial charge in [-0.05, 0) is 11.1 Å². The fraction of sp³-hybridized carbons (Fsp3) is 0.300. The molecule has 0 aliphatic rings. The maximum absolute atomic E-state index is 11.9. The number of halogens is 2. The van der Waals surface area contributed by atoms with Gasteiger partial charge in [-0.25, -0.2) is 8.78 Å². The molecule has 1 rings (SSSR count). The molecule has 0 amide bonds. The highest BCUT2D eigenvalue weighted by molar-refractivity contribution is 5.70. The lowest BCUT2D eigenvalue weighted by atomic mass is 10.1. The van der Waals surface area contributed by atoms with Gasteiger partial charge in [0.1, 0.15) is 0 Å². The molecule has 0 heterocycles. The normalized spacial score (nSPS) is 10.5. The minimum Gasteiger partial charge on any atom is -0.481 e. The Morgan fingerprint density at radius 3 is 2.14 bits per heavy atom. The van der Waals surface area contributed by atoms with Crippen LogP contribution >= 0.6 is 0 Å². The monoisotopic (exact) mass is 200 g/mol. The summed E-state index contributed by atoms with van der Waals surface area (Å²) in [7, 11) is 0. The average molecular weight is 200 g/mol. The van der Waals surface area contributed by atoms with Gasteiger partial charge in [-0.3, -0.25) is 4.79 Å². The first-order valence-corrected chi connectivity index (χ1v) is 4.15. The number of hydrogen-bond donors (Lipinski definition) is 1. The van der Waals surface area contributed by atoms with Crippen LogP contribution in [0.5, 0.6) is 0 Å². The minimum absolute atomic E-state index is 0.0744. The number of benzene rings is 1. The Balaban J connectivity index is 2.63. The number of carboxylic acids is 1. The van der Waals surface area contributed by atoms with Crippen LogP contribution in [0.3, 0.4) is 0 Å². The third-order valence-corrected chi connectivity index (χ3v) is 1.77. The number of rotatable bonds is 4. The summed E-state index contributed by atoms with van der Waals surface area (Å²) in [6.45, 7) is 0. The van der Waals surface area contributed by atoms with Crippen molar-refractivity contribution in [2.45, 2.75) is 19.3 Å². The molecule has 0 atom stereocenters. The first-order chi connectivity index (χ1) is 6.58. The van der Waals surface area contributed by atoms with Crippen molar-refractivity contribution in [1.29, 1.82) is 0 Å². The van der Waals surface area contributed by atoms with E-state index < -0.39 is 12.4 Å². The predicted octanol–water partition coefficient (Wildman–Crippen LogP) is 2.12. The van der Waals surface area contributed by atoms with Gasteiger partial charge in [0.25, 0.3) is 0 Å². The molecule has 76 valence electrons. The number of carboxylic acid groups (broad SMARTS) is 1.